The third kappa shape index (κ3) is 5.63. The molecule has 2 aromatic carbocycles. The van der Waals surface area contributed by atoms with Gasteiger partial charge in [-0.3, -0.25) is 4.79 Å². The van der Waals surface area contributed by atoms with Crippen molar-refractivity contribution in [1.29, 1.82) is 0 Å². The number of rotatable bonds is 5. The first-order valence-corrected chi connectivity index (χ1v) is 11.2. The van der Waals surface area contributed by atoms with Crippen LogP contribution < -0.4 is 5.43 Å². The number of fused-ring (bicyclic) bond motifs is 2. The molecule has 3 aromatic rings. The number of carbonyl (C=O) groups is 1. The molecule has 0 amide bonds. The third-order valence-corrected chi connectivity index (χ3v) is 5.21. The fourth-order valence-corrected chi connectivity index (χ4v) is 3.98. The number of carbonyl (C=O) groups excluding carboxylic acids is 1. The van der Waals surface area contributed by atoms with Crippen molar-refractivity contribution in [1.82, 2.24) is 0 Å². The molecule has 0 radical (unpaired) electrons. The van der Waals surface area contributed by atoms with Crippen LogP contribution in [0.3, 0.4) is 0 Å². The zero-order valence-corrected chi connectivity index (χ0v) is 21.0. The van der Waals surface area contributed by atoms with Crippen LogP contribution in [0.15, 0.2) is 39.5 Å². The monoisotopic (exact) mass is 454 g/mol. The largest absolute Gasteiger partial charge is 0.465 e. The predicted molar refractivity (Wildman–Crippen MR) is 130 cm³/mol. The first-order chi connectivity index (χ1) is 15.2. The minimum Gasteiger partial charge on any atom is -0.465 e. The lowest BCUT2D eigenvalue weighted by Gasteiger charge is -2.28. The third-order valence-electron chi connectivity index (χ3n) is 5.21. The lowest BCUT2D eigenvalue weighted by Crippen LogP contribution is -2.23. The topological polar surface area (TPSA) is 75.0 Å². The predicted octanol–water partition coefficient (Wildman–Crippen LogP) is 6.49. The van der Waals surface area contributed by atoms with Crippen molar-refractivity contribution >= 4 is 27.9 Å². The minimum atomic E-state index is -0.509. The van der Waals surface area contributed by atoms with Crippen LogP contribution in [-0.4, -0.2) is 24.3 Å². The number of benzene rings is 2. The second-order valence-electron chi connectivity index (χ2n) is 10.4. The molecule has 0 N–H and O–H groups in total. The normalized spacial score (nSPS) is 14.5. The molecule has 0 fully saturated rings. The van der Waals surface area contributed by atoms with Crippen molar-refractivity contribution in [2.75, 3.05) is 7.11 Å². The molecule has 1 heterocycles. The molecule has 0 aliphatic heterocycles. The average molecular weight is 455 g/mol. The van der Waals surface area contributed by atoms with Gasteiger partial charge in [-0.15, -0.1) is 0 Å². The summed E-state index contributed by atoms with van der Waals surface area (Å²) in [5.41, 5.74) is 1.84. The molecule has 6 heteroatoms. The summed E-state index contributed by atoms with van der Waals surface area (Å²) in [7, 11) is 1.31. The van der Waals surface area contributed by atoms with Gasteiger partial charge in [0.1, 0.15) is 11.2 Å². The lowest BCUT2D eigenvalue weighted by molar-refractivity contribution is -0.0552. The standard InChI is InChI=1S/C27H34O6/c1-15(32-26(3,4)5)18-13-19(16(2)33-27(6,7)8)24-21(14-18)23(28)20-12-17(25(29)30-9)10-11-22(20)31-24/h10-16H,1-9H3. The summed E-state index contributed by atoms with van der Waals surface area (Å²) in [6.45, 7) is 15.8. The number of ether oxygens (including phenoxy) is 3. The molecule has 0 saturated heterocycles. The molecule has 1 aromatic heterocycles. The van der Waals surface area contributed by atoms with Gasteiger partial charge in [-0.1, -0.05) is 0 Å². The Morgan fingerprint density at radius 2 is 1.48 bits per heavy atom. The summed E-state index contributed by atoms with van der Waals surface area (Å²) in [6.07, 6.45) is -0.587. The van der Waals surface area contributed by atoms with E-state index in [-0.39, 0.29) is 28.8 Å². The number of methoxy groups -OCH3 is 1. The van der Waals surface area contributed by atoms with Gasteiger partial charge in [0.15, 0.2) is 0 Å². The van der Waals surface area contributed by atoms with E-state index in [1.807, 2.05) is 67.5 Å². The van der Waals surface area contributed by atoms with Crippen LogP contribution in [0.4, 0.5) is 0 Å². The Balaban J connectivity index is 2.31. The lowest BCUT2D eigenvalue weighted by atomic mass is 9.97. The van der Waals surface area contributed by atoms with Gasteiger partial charge in [-0.2, -0.15) is 0 Å². The molecule has 0 bridgehead atoms. The molecular formula is C27H34O6. The van der Waals surface area contributed by atoms with E-state index in [0.717, 1.165) is 11.1 Å². The SMILES string of the molecule is COC(=O)c1ccc2oc3c(C(C)OC(C)(C)C)cc(C(C)OC(C)(C)C)cc3c(=O)c2c1. The van der Waals surface area contributed by atoms with Crippen molar-refractivity contribution in [3.63, 3.8) is 0 Å². The van der Waals surface area contributed by atoms with Crippen molar-refractivity contribution < 1.29 is 23.4 Å². The van der Waals surface area contributed by atoms with Crippen LogP contribution >= 0.6 is 0 Å². The summed E-state index contributed by atoms with van der Waals surface area (Å²) in [5.74, 6) is -0.509. The van der Waals surface area contributed by atoms with E-state index in [0.29, 0.717) is 27.5 Å². The van der Waals surface area contributed by atoms with E-state index >= 15 is 0 Å². The molecule has 6 nitrogen and oxygen atoms in total. The Morgan fingerprint density at radius 3 is 2.06 bits per heavy atom. The van der Waals surface area contributed by atoms with Crippen molar-refractivity contribution in [3.05, 3.63) is 57.2 Å². The Hall–Kier alpha value is -2.70. The van der Waals surface area contributed by atoms with Gasteiger partial charge in [-0.25, -0.2) is 4.79 Å². The molecular weight excluding hydrogens is 420 g/mol. The summed E-state index contributed by atoms with van der Waals surface area (Å²) >= 11 is 0. The van der Waals surface area contributed by atoms with Gasteiger partial charge in [0.05, 0.1) is 46.9 Å². The molecule has 2 atom stereocenters. The average Bonchev–Trinajstić information content (AvgIpc) is 2.70. The van der Waals surface area contributed by atoms with Gasteiger partial charge >= 0.3 is 5.97 Å². The van der Waals surface area contributed by atoms with E-state index in [1.54, 1.807) is 12.1 Å². The van der Waals surface area contributed by atoms with E-state index in [1.165, 1.54) is 13.2 Å². The molecule has 0 aliphatic carbocycles. The van der Waals surface area contributed by atoms with E-state index in [2.05, 4.69) is 0 Å². The van der Waals surface area contributed by atoms with E-state index in [9.17, 15) is 9.59 Å². The summed E-state index contributed by atoms with van der Waals surface area (Å²) in [6, 6.07) is 8.54. The van der Waals surface area contributed by atoms with Crippen molar-refractivity contribution in [2.45, 2.75) is 78.8 Å². The van der Waals surface area contributed by atoms with Crippen LogP contribution in [0, 0.1) is 0 Å². The highest BCUT2D eigenvalue weighted by atomic mass is 16.5. The van der Waals surface area contributed by atoms with Gasteiger partial charge < -0.3 is 18.6 Å². The van der Waals surface area contributed by atoms with E-state index < -0.39 is 5.97 Å². The van der Waals surface area contributed by atoms with E-state index in [4.69, 9.17) is 18.6 Å². The molecule has 3 rings (SSSR count). The Morgan fingerprint density at radius 1 is 0.879 bits per heavy atom. The summed E-state index contributed by atoms with van der Waals surface area (Å²) in [5, 5.41) is 0.744. The van der Waals surface area contributed by atoms with Crippen molar-refractivity contribution in [2.24, 2.45) is 0 Å². The minimum absolute atomic E-state index is 0.217. The maximum absolute atomic E-state index is 13.6. The van der Waals surface area contributed by atoms with Gasteiger partial charge in [0.2, 0.25) is 5.43 Å². The van der Waals surface area contributed by atoms with Crippen LogP contribution in [0.25, 0.3) is 21.9 Å². The first kappa shape index (κ1) is 24.9. The van der Waals surface area contributed by atoms with Crippen LogP contribution in [0.5, 0.6) is 0 Å². The number of hydrogen-bond donors (Lipinski definition) is 0. The summed E-state index contributed by atoms with van der Waals surface area (Å²) in [4.78, 5) is 25.6. The first-order valence-electron chi connectivity index (χ1n) is 11.2. The Kier molecular flexibility index (Phi) is 6.74. The molecule has 2 unspecified atom stereocenters. The highest BCUT2D eigenvalue weighted by Gasteiger charge is 2.25. The second-order valence-corrected chi connectivity index (χ2v) is 10.4. The maximum atomic E-state index is 13.6. The fourth-order valence-electron chi connectivity index (χ4n) is 3.98. The second kappa shape index (κ2) is 8.92. The van der Waals surface area contributed by atoms with Crippen molar-refractivity contribution in [3.8, 4) is 0 Å². The zero-order valence-electron chi connectivity index (χ0n) is 21.0. The fraction of sp³-hybridized carbons (Fsp3) is 0.481. The van der Waals surface area contributed by atoms with Gasteiger partial charge in [0, 0.05) is 5.56 Å². The summed E-state index contributed by atoms with van der Waals surface area (Å²) < 4.78 is 23.4. The molecule has 0 aliphatic rings. The van der Waals surface area contributed by atoms with Gasteiger partial charge in [-0.05, 0) is 91.3 Å². The Bertz CT molecular complexity index is 1240. The highest BCUT2D eigenvalue weighted by Crippen LogP contribution is 2.35. The number of hydrogen-bond acceptors (Lipinski definition) is 6. The van der Waals surface area contributed by atoms with Crippen LogP contribution in [0.1, 0.15) is 89.1 Å². The smallest absolute Gasteiger partial charge is 0.337 e. The highest BCUT2D eigenvalue weighted by molar-refractivity contribution is 5.97. The molecule has 0 saturated carbocycles. The molecule has 178 valence electrons. The number of esters is 1. The quantitative estimate of drug-likeness (QED) is 0.324. The maximum Gasteiger partial charge on any atom is 0.337 e. The molecule has 0 spiro atoms. The van der Waals surface area contributed by atoms with Gasteiger partial charge in [0.25, 0.3) is 0 Å². The van der Waals surface area contributed by atoms with Crippen LogP contribution in [0.2, 0.25) is 0 Å². The molecule has 33 heavy (non-hydrogen) atoms. The van der Waals surface area contributed by atoms with Crippen LogP contribution in [-0.2, 0) is 14.2 Å². The zero-order chi connectivity index (χ0) is 24.7. The Labute approximate surface area is 194 Å².